The molecule has 42 heavy (non-hydrogen) atoms. The number of fused-ring (bicyclic) bond motifs is 5. The number of benzene rings is 4. The van der Waals surface area contributed by atoms with Crippen LogP contribution in [0.25, 0.3) is 44.4 Å². The van der Waals surface area contributed by atoms with E-state index in [9.17, 15) is 0 Å². The van der Waals surface area contributed by atoms with Crippen LogP contribution in [0.3, 0.4) is 0 Å². The van der Waals surface area contributed by atoms with Crippen molar-refractivity contribution in [2.45, 2.75) is 26.2 Å². The van der Waals surface area contributed by atoms with Gasteiger partial charge in [0.2, 0.25) is 6.33 Å². The van der Waals surface area contributed by atoms with E-state index in [1.807, 2.05) is 29.9 Å². The van der Waals surface area contributed by atoms with Gasteiger partial charge in [-0.05, 0) is 42.9 Å². The van der Waals surface area contributed by atoms with Gasteiger partial charge in [-0.2, -0.15) is 29.8 Å². The van der Waals surface area contributed by atoms with Crippen molar-refractivity contribution < 1.29 is 25.6 Å². The Balaban J connectivity index is 0.00000288. The normalized spacial score (nSPS) is 15.5. The Morgan fingerprint density at radius 3 is 2.38 bits per heavy atom. The quantitative estimate of drug-likeness (QED) is 0.141. The summed E-state index contributed by atoms with van der Waals surface area (Å²) in [6, 6.07) is 40.0. The molecule has 3 aromatic heterocycles. The maximum Gasteiger partial charge on any atom is 0.241 e. The largest absolute Gasteiger partial charge is 0.350 e. The Morgan fingerprint density at radius 1 is 0.810 bits per heavy atom. The van der Waals surface area contributed by atoms with Crippen molar-refractivity contribution in [3.05, 3.63) is 144 Å². The molecule has 0 N–H and O–H groups in total. The maximum absolute atomic E-state index is 4.66. The molecule has 1 unspecified atom stereocenters. The number of aromatic nitrogens is 4. The summed E-state index contributed by atoms with van der Waals surface area (Å²) in [4.78, 5) is 4.66. The van der Waals surface area contributed by atoms with Gasteiger partial charge < -0.3 is 18.7 Å². The van der Waals surface area contributed by atoms with Crippen LogP contribution in [0.5, 0.6) is 0 Å². The molecule has 208 valence electrons. The minimum atomic E-state index is -0.516. The van der Waals surface area contributed by atoms with Gasteiger partial charge in [-0.25, -0.2) is 0 Å². The van der Waals surface area contributed by atoms with Gasteiger partial charge in [0.15, 0.2) is 0 Å². The second kappa shape index (κ2) is 9.64. The summed E-state index contributed by atoms with van der Waals surface area (Å²) in [6.45, 7) is 6.59. The molecule has 0 fully saturated rings. The fourth-order valence-corrected chi connectivity index (χ4v) is 6.63. The van der Waals surface area contributed by atoms with Gasteiger partial charge in [-0.15, -0.1) is 23.8 Å². The van der Waals surface area contributed by atoms with Crippen LogP contribution in [0.4, 0.5) is 0 Å². The van der Waals surface area contributed by atoms with Crippen molar-refractivity contribution in [1.82, 2.24) is 14.1 Å². The number of aryl methyl sites for hydroxylation is 1. The molecule has 4 aromatic carbocycles. The standard InChI is InChI=1S/C37H28N4.Pt/c1-24-25(2)40(23-39(24)4)28-12-9-11-27(22-28)37(3)31-15-10-14-30-29-13-5-6-17-34(29)41(36(30)31)35-19-18-26(21-32(35)37)33-16-7-8-20-38-33;/h5-20H,1-4H3;/q-2;. The van der Waals surface area contributed by atoms with Crippen molar-refractivity contribution >= 4 is 21.8 Å². The van der Waals surface area contributed by atoms with Crippen molar-refractivity contribution in [3.8, 4) is 22.6 Å². The topological polar surface area (TPSA) is 26.6 Å². The van der Waals surface area contributed by atoms with E-state index >= 15 is 0 Å². The number of hydrogen-bond donors (Lipinski definition) is 0. The Kier molecular flexibility index (Phi) is 6.11. The van der Waals surface area contributed by atoms with Crippen molar-refractivity contribution in [3.63, 3.8) is 0 Å². The predicted molar refractivity (Wildman–Crippen MR) is 162 cm³/mol. The molecule has 0 aliphatic carbocycles. The van der Waals surface area contributed by atoms with Gasteiger partial charge in [0.1, 0.15) is 0 Å². The van der Waals surface area contributed by atoms with Gasteiger partial charge in [0.25, 0.3) is 0 Å². The fraction of sp³-hybridized carbons (Fsp3) is 0.135. The Hall–Kier alpha value is -4.27. The van der Waals surface area contributed by atoms with E-state index in [0.29, 0.717) is 0 Å². The van der Waals surface area contributed by atoms with Gasteiger partial charge in [-0.1, -0.05) is 66.7 Å². The minimum absolute atomic E-state index is 0. The molecule has 1 aliphatic heterocycles. The third-order valence-electron chi connectivity index (χ3n) is 9.01. The average Bonchev–Trinajstić information content (AvgIpc) is 3.50. The second-order valence-electron chi connectivity index (χ2n) is 11.1. The van der Waals surface area contributed by atoms with E-state index in [0.717, 1.165) is 39.5 Å². The summed E-state index contributed by atoms with van der Waals surface area (Å²) in [5.74, 6) is 0. The summed E-state index contributed by atoms with van der Waals surface area (Å²) in [7, 11) is 2.04. The third-order valence-corrected chi connectivity index (χ3v) is 9.01. The Morgan fingerprint density at radius 2 is 1.60 bits per heavy atom. The van der Waals surface area contributed by atoms with Crippen molar-refractivity contribution in [2.24, 2.45) is 7.05 Å². The summed E-state index contributed by atoms with van der Waals surface area (Å²) in [6.07, 6.45) is 5.30. The first-order valence-electron chi connectivity index (χ1n) is 14.0. The molecule has 7 aromatic rings. The number of nitrogens with zero attached hydrogens (tertiary/aromatic N) is 4. The zero-order chi connectivity index (χ0) is 27.9. The van der Waals surface area contributed by atoms with E-state index in [1.54, 1.807) is 0 Å². The molecule has 0 bridgehead atoms. The molecule has 4 nitrogen and oxygen atoms in total. The Labute approximate surface area is 260 Å². The monoisotopic (exact) mass is 723 g/mol. The Bertz CT molecular complexity index is 2150. The molecule has 8 rings (SSSR count). The van der Waals surface area contributed by atoms with E-state index in [2.05, 4.69) is 132 Å². The van der Waals surface area contributed by atoms with Crippen LogP contribution < -0.4 is 4.57 Å². The van der Waals surface area contributed by atoms with E-state index in [-0.39, 0.29) is 21.1 Å². The maximum atomic E-state index is 4.66. The SMILES string of the molecule is Cc1c(C)[n+](C)[c-]n1-c1[c-]c(C2(C)c3[c-]c(-c4ccccn4)ccc3-n3c4ccccc4c4cccc2c43)ccc1.[Pt]. The van der Waals surface area contributed by atoms with Crippen LogP contribution in [0.2, 0.25) is 0 Å². The molecule has 5 heteroatoms. The van der Waals surface area contributed by atoms with Crippen LogP contribution in [-0.4, -0.2) is 14.1 Å². The predicted octanol–water partition coefficient (Wildman–Crippen LogP) is 7.14. The summed E-state index contributed by atoms with van der Waals surface area (Å²) in [5.41, 5.74) is 11.7. The molecular weight excluding hydrogens is 696 g/mol. The van der Waals surface area contributed by atoms with Crippen molar-refractivity contribution in [1.29, 1.82) is 0 Å². The van der Waals surface area contributed by atoms with Crippen LogP contribution in [0.15, 0.2) is 97.2 Å². The molecule has 4 heterocycles. The molecule has 0 saturated carbocycles. The van der Waals surface area contributed by atoms with Gasteiger partial charge in [0, 0.05) is 65.9 Å². The fourth-order valence-electron chi connectivity index (χ4n) is 6.63. The summed E-state index contributed by atoms with van der Waals surface area (Å²) >= 11 is 0. The minimum Gasteiger partial charge on any atom is -0.350 e. The number of para-hydroxylation sites is 2. The summed E-state index contributed by atoms with van der Waals surface area (Å²) < 4.78 is 6.57. The smallest absolute Gasteiger partial charge is 0.241 e. The van der Waals surface area contributed by atoms with Gasteiger partial charge in [-0.3, -0.25) is 0 Å². The first-order valence-corrected chi connectivity index (χ1v) is 14.0. The van der Waals surface area contributed by atoms with Crippen LogP contribution >= 0.6 is 0 Å². The number of hydrogen-bond acceptors (Lipinski definition) is 1. The molecular formula is C37H28N4Pt-2. The number of pyridine rings is 1. The van der Waals surface area contributed by atoms with E-state index in [4.69, 9.17) is 0 Å². The first kappa shape index (κ1) is 26.6. The molecule has 0 saturated heterocycles. The van der Waals surface area contributed by atoms with Gasteiger partial charge >= 0.3 is 0 Å². The van der Waals surface area contributed by atoms with Gasteiger partial charge in [0.05, 0.1) is 7.05 Å². The number of imidazole rings is 1. The van der Waals surface area contributed by atoms with E-state index < -0.39 is 5.41 Å². The first-order chi connectivity index (χ1) is 20.0. The molecule has 0 radical (unpaired) electrons. The van der Waals surface area contributed by atoms with Crippen molar-refractivity contribution in [2.75, 3.05) is 0 Å². The van der Waals surface area contributed by atoms with Crippen LogP contribution in [0.1, 0.15) is 35.0 Å². The summed E-state index contributed by atoms with van der Waals surface area (Å²) in [5, 5.41) is 2.52. The molecule has 1 atom stereocenters. The zero-order valence-corrected chi connectivity index (χ0v) is 26.1. The average molecular weight is 724 g/mol. The number of rotatable bonds is 3. The van der Waals surface area contributed by atoms with Crippen LogP contribution in [0, 0.1) is 32.3 Å². The van der Waals surface area contributed by atoms with Crippen LogP contribution in [-0.2, 0) is 33.5 Å². The third kappa shape index (κ3) is 3.58. The second-order valence-corrected chi connectivity index (χ2v) is 11.1. The molecule has 1 aliphatic rings. The molecule has 0 amide bonds. The van der Waals surface area contributed by atoms with E-state index in [1.165, 1.54) is 33.1 Å². The zero-order valence-electron chi connectivity index (χ0n) is 23.8. The molecule has 0 spiro atoms.